The van der Waals surface area contributed by atoms with E-state index in [9.17, 15) is 13.2 Å². The number of nitrogens with two attached hydrogens (primary N) is 1. The van der Waals surface area contributed by atoms with Gasteiger partial charge in [-0.1, -0.05) is 13.0 Å². The zero-order chi connectivity index (χ0) is 15.5. The number of aromatic nitrogens is 3. The molecule has 1 aromatic heterocycles. The van der Waals surface area contributed by atoms with E-state index in [1.165, 1.54) is 18.2 Å². The summed E-state index contributed by atoms with van der Waals surface area (Å²) in [6, 6.07) is 5.64. The molecule has 0 unspecified atom stereocenters. The number of nitrogens with zero attached hydrogens (tertiary/aromatic N) is 2. The Morgan fingerprint density at radius 1 is 1.43 bits per heavy atom. The number of aromatic amines is 1. The summed E-state index contributed by atoms with van der Waals surface area (Å²) in [6.07, 6.45) is 1.58. The fourth-order valence-corrected chi connectivity index (χ4v) is 2.24. The molecule has 1 amide bonds. The minimum atomic E-state index is -3.82. The van der Waals surface area contributed by atoms with Crippen molar-refractivity contribution in [3.05, 3.63) is 35.9 Å². The first-order valence-electron chi connectivity index (χ1n) is 6.25. The maximum atomic E-state index is 12.0. The third kappa shape index (κ3) is 3.86. The molecule has 0 aliphatic heterocycles. The highest BCUT2D eigenvalue weighted by atomic mass is 32.2. The summed E-state index contributed by atoms with van der Waals surface area (Å²) >= 11 is 0. The van der Waals surface area contributed by atoms with E-state index >= 15 is 0 Å². The molecule has 0 radical (unpaired) electrons. The predicted octanol–water partition coefficient (Wildman–Crippen LogP) is 0.657. The van der Waals surface area contributed by atoms with Crippen LogP contribution in [0.15, 0.2) is 29.2 Å². The molecule has 0 aliphatic rings. The lowest BCUT2D eigenvalue weighted by Gasteiger charge is -2.04. The van der Waals surface area contributed by atoms with Gasteiger partial charge < -0.3 is 5.32 Å². The van der Waals surface area contributed by atoms with Gasteiger partial charge in [-0.15, -0.1) is 5.10 Å². The van der Waals surface area contributed by atoms with E-state index in [2.05, 4.69) is 20.5 Å². The number of carbonyl (C=O) groups is 1. The molecule has 9 heteroatoms. The Kier molecular flexibility index (Phi) is 4.34. The number of H-pyrrole nitrogens is 1. The number of anilines is 1. The maximum Gasteiger partial charge on any atom is 0.295 e. The standard InChI is InChI=1S/C12H15N5O3S/c1-2-4-10-15-11(17-16-10)12(18)14-8-5-3-6-9(7-8)21(13,19)20/h3,5-7H,2,4H2,1H3,(H,14,18)(H2,13,19,20)(H,15,16,17). The van der Waals surface area contributed by atoms with Gasteiger partial charge in [0.2, 0.25) is 15.8 Å². The fraction of sp³-hybridized carbons (Fsp3) is 0.250. The van der Waals surface area contributed by atoms with Crippen LogP contribution in [0.25, 0.3) is 0 Å². The molecule has 112 valence electrons. The molecule has 2 rings (SSSR count). The number of amides is 1. The number of aryl methyl sites for hydroxylation is 1. The molecule has 0 spiro atoms. The first-order valence-corrected chi connectivity index (χ1v) is 7.80. The van der Waals surface area contributed by atoms with E-state index in [4.69, 9.17) is 5.14 Å². The number of rotatable bonds is 5. The topological polar surface area (TPSA) is 131 Å². The van der Waals surface area contributed by atoms with Crippen LogP contribution in [0.4, 0.5) is 5.69 Å². The highest BCUT2D eigenvalue weighted by Crippen LogP contribution is 2.14. The Morgan fingerprint density at radius 3 is 2.86 bits per heavy atom. The van der Waals surface area contributed by atoms with Crippen LogP contribution in [0, 0.1) is 0 Å². The van der Waals surface area contributed by atoms with E-state index in [0.29, 0.717) is 17.9 Å². The van der Waals surface area contributed by atoms with Crippen molar-refractivity contribution >= 4 is 21.6 Å². The molecule has 1 heterocycles. The van der Waals surface area contributed by atoms with Crippen molar-refractivity contribution in [2.24, 2.45) is 5.14 Å². The second-order valence-electron chi connectivity index (χ2n) is 4.38. The number of hydrogen-bond acceptors (Lipinski definition) is 5. The number of carbonyl (C=O) groups excluding carboxylic acids is 1. The molecule has 4 N–H and O–H groups in total. The van der Waals surface area contributed by atoms with E-state index in [0.717, 1.165) is 6.42 Å². The van der Waals surface area contributed by atoms with Crippen LogP contribution in [0.2, 0.25) is 0 Å². The lowest BCUT2D eigenvalue weighted by molar-refractivity contribution is 0.101. The smallest absolute Gasteiger partial charge is 0.295 e. The molecule has 0 aliphatic carbocycles. The van der Waals surface area contributed by atoms with E-state index < -0.39 is 15.9 Å². The quantitative estimate of drug-likeness (QED) is 0.746. The Balaban J connectivity index is 2.15. The summed E-state index contributed by atoms with van der Waals surface area (Å²) in [6.45, 7) is 1.99. The summed E-state index contributed by atoms with van der Waals surface area (Å²) < 4.78 is 22.5. The first kappa shape index (κ1) is 15.1. The van der Waals surface area contributed by atoms with Crippen LogP contribution in [0.5, 0.6) is 0 Å². The average molecular weight is 309 g/mol. The number of benzene rings is 1. The second-order valence-corrected chi connectivity index (χ2v) is 5.94. The van der Waals surface area contributed by atoms with Gasteiger partial charge in [0, 0.05) is 12.1 Å². The van der Waals surface area contributed by atoms with Crippen LogP contribution < -0.4 is 10.5 Å². The van der Waals surface area contributed by atoms with Crippen molar-refractivity contribution in [1.82, 2.24) is 15.2 Å². The monoisotopic (exact) mass is 309 g/mol. The van der Waals surface area contributed by atoms with Crippen LogP contribution in [0.3, 0.4) is 0 Å². The summed E-state index contributed by atoms with van der Waals surface area (Å²) in [5.41, 5.74) is 0.299. The molecule has 0 saturated heterocycles. The Hall–Kier alpha value is -2.26. The van der Waals surface area contributed by atoms with E-state index in [1.54, 1.807) is 6.07 Å². The van der Waals surface area contributed by atoms with Gasteiger partial charge in [-0.05, 0) is 24.6 Å². The molecule has 0 atom stereocenters. The Bertz CT molecular complexity index is 754. The highest BCUT2D eigenvalue weighted by Gasteiger charge is 2.14. The maximum absolute atomic E-state index is 12.0. The zero-order valence-electron chi connectivity index (χ0n) is 11.3. The van der Waals surface area contributed by atoms with Gasteiger partial charge in [0.1, 0.15) is 5.82 Å². The van der Waals surface area contributed by atoms with Crippen LogP contribution in [0.1, 0.15) is 29.8 Å². The lowest BCUT2D eigenvalue weighted by Crippen LogP contribution is -2.15. The van der Waals surface area contributed by atoms with Gasteiger partial charge in [-0.25, -0.2) is 18.5 Å². The van der Waals surface area contributed by atoms with Gasteiger partial charge in [-0.2, -0.15) is 0 Å². The summed E-state index contributed by atoms with van der Waals surface area (Å²) in [5, 5.41) is 14.0. The van der Waals surface area contributed by atoms with Crippen molar-refractivity contribution in [1.29, 1.82) is 0 Å². The molecule has 2 aromatic rings. The minimum Gasteiger partial charge on any atom is -0.319 e. The zero-order valence-corrected chi connectivity index (χ0v) is 12.1. The third-order valence-electron chi connectivity index (χ3n) is 2.64. The second kappa shape index (κ2) is 6.02. The van der Waals surface area contributed by atoms with Crippen LogP contribution in [-0.2, 0) is 16.4 Å². The van der Waals surface area contributed by atoms with Crippen molar-refractivity contribution in [2.75, 3.05) is 5.32 Å². The van der Waals surface area contributed by atoms with Crippen molar-refractivity contribution < 1.29 is 13.2 Å². The van der Waals surface area contributed by atoms with Crippen LogP contribution >= 0.6 is 0 Å². The highest BCUT2D eigenvalue weighted by molar-refractivity contribution is 7.89. The predicted molar refractivity (Wildman–Crippen MR) is 76.1 cm³/mol. The number of nitrogens with one attached hydrogen (secondary N) is 2. The largest absolute Gasteiger partial charge is 0.319 e. The summed E-state index contributed by atoms with van der Waals surface area (Å²) in [4.78, 5) is 15.9. The molecule has 0 fully saturated rings. The van der Waals surface area contributed by atoms with E-state index in [-0.39, 0.29) is 10.7 Å². The molecule has 21 heavy (non-hydrogen) atoms. The summed E-state index contributed by atoms with van der Waals surface area (Å²) in [5.74, 6) is 0.0977. The lowest BCUT2D eigenvalue weighted by atomic mass is 10.3. The number of primary sulfonamides is 1. The van der Waals surface area contributed by atoms with Crippen LogP contribution in [-0.4, -0.2) is 29.5 Å². The van der Waals surface area contributed by atoms with Gasteiger partial charge in [0.25, 0.3) is 5.91 Å². The number of hydrogen-bond donors (Lipinski definition) is 3. The summed E-state index contributed by atoms with van der Waals surface area (Å²) in [7, 11) is -3.82. The molecule has 0 saturated carbocycles. The Labute approximate surface area is 121 Å². The molecule has 0 bridgehead atoms. The van der Waals surface area contributed by atoms with Gasteiger partial charge in [0.05, 0.1) is 4.90 Å². The van der Waals surface area contributed by atoms with Crippen molar-refractivity contribution in [3.8, 4) is 0 Å². The van der Waals surface area contributed by atoms with Gasteiger partial charge >= 0.3 is 0 Å². The van der Waals surface area contributed by atoms with Crippen molar-refractivity contribution in [2.45, 2.75) is 24.7 Å². The first-order chi connectivity index (χ1) is 9.90. The normalized spacial score (nSPS) is 11.3. The third-order valence-corrected chi connectivity index (χ3v) is 3.55. The van der Waals surface area contributed by atoms with E-state index in [1.807, 2.05) is 6.92 Å². The van der Waals surface area contributed by atoms with Gasteiger partial charge in [0.15, 0.2) is 0 Å². The molecular weight excluding hydrogens is 294 g/mol. The minimum absolute atomic E-state index is 0.000501. The number of sulfonamides is 1. The molecule has 1 aromatic carbocycles. The SMILES string of the molecule is CCCc1nc(C(=O)Nc2cccc(S(N)(=O)=O)c2)n[nH]1. The Morgan fingerprint density at radius 2 is 2.19 bits per heavy atom. The average Bonchev–Trinajstić information content (AvgIpc) is 2.87. The fourth-order valence-electron chi connectivity index (χ4n) is 1.68. The molecular formula is C12H15N5O3S. The molecule has 8 nitrogen and oxygen atoms in total. The van der Waals surface area contributed by atoms with Gasteiger partial charge in [-0.3, -0.25) is 9.89 Å². The van der Waals surface area contributed by atoms with Crippen molar-refractivity contribution in [3.63, 3.8) is 0 Å².